The van der Waals surface area contributed by atoms with Crippen LogP contribution in [0.2, 0.25) is 0 Å². The van der Waals surface area contributed by atoms with Gasteiger partial charge in [-0.15, -0.1) is 11.8 Å². The van der Waals surface area contributed by atoms with E-state index in [1.54, 1.807) is 16.4 Å². The number of hydrogen-bond acceptors (Lipinski definition) is 5. The predicted octanol–water partition coefficient (Wildman–Crippen LogP) is 2.04. The van der Waals surface area contributed by atoms with Crippen molar-refractivity contribution in [2.75, 3.05) is 18.6 Å². The average molecular weight is 249 g/mol. The molecule has 2 aromatic heterocycles. The second-order valence-corrected chi connectivity index (χ2v) is 4.48. The van der Waals surface area contributed by atoms with Crippen LogP contribution in [-0.2, 0) is 0 Å². The molecule has 0 aromatic carbocycles. The van der Waals surface area contributed by atoms with Crippen molar-refractivity contribution in [1.82, 2.24) is 19.7 Å². The molecule has 1 N–H and O–H groups in total. The second kappa shape index (κ2) is 4.75. The molecule has 0 aliphatic rings. The normalized spacial score (nSPS) is 10.6. The zero-order valence-corrected chi connectivity index (χ0v) is 11.2. The van der Waals surface area contributed by atoms with Crippen molar-refractivity contribution in [3.05, 3.63) is 23.7 Å². The molecule has 0 fully saturated rings. The van der Waals surface area contributed by atoms with E-state index >= 15 is 0 Å². The molecule has 0 unspecified atom stereocenters. The molecule has 0 atom stereocenters. The van der Waals surface area contributed by atoms with Crippen LogP contribution in [0.1, 0.15) is 11.5 Å². The molecule has 0 amide bonds. The molecule has 90 valence electrons. The van der Waals surface area contributed by atoms with Crippen molar-refractivity contribution >= 4 is 17.6 Å². The highest BCUT2D eigenvalue weighted by molar-refractivity contribution is 7.98. The van der Waals surface area contributed by atoms with Gasteiger partial charge in [-0.1, -0.05) is 0 Å². The Bertz CT molecular complexity index is 535. The van der Waals surface area contributed by atoms with Gasteiger partial charge in [0.05, 0.1) is 5.69 Å². The number of rotatable bonds is 3. The van der Waals surface area contributed by atoms with Crippen LogP contribution in [0.25, 0.3) is 5.82 Å². The third-order valence-corrected chi connectivity index (χ3v) is 2.94. The summed E-state index contributed by atoms with van der Waals surface area (Å²) in [6.45, 7) is 3.85. The van der Waals surface area contributed by atoms with E-state index in [-0.39, 0.29) is 0 Å². The Morgan fingerprint density at radius 1 is 1.24 bits per heavy atom. The first-order valence-corrected chi connectivity index (χ1v) is 6.51. The summed E-state index contributed by atoms with van der Waals surface area (Å²) in [5.41, 5.74) is 0.955. The summed E-state index contributed by atoms with van der Waals surface area (Å²) in [5, 5.41) is 8.47. The van der Waals surface area contributed by atoms with E-state index in [4.69, 9.17) is 0 Å². The van der Waals surface area contributed by atoms with E-state index in [0.29, 0.717) is 0 Å². The summed E-state index contributed by atoms with van der Waals surface area (Å²) in [5.74, 6) is 2.47. The van der Waals surface area contributed by atoms with Gasteiger partial charge < -0.3 is 5.32 Å². The Balaban J connectivity index is 2.55. The van der Waals surface area contributed by atoms with Crippen LogP contribution < -0.4 is 5.32 Å². The number of thioether (sulfide) groups is 1. The summed E-state index contributed by atoms with van der Waals surface area (Å²) >= 11 is 1.60. The minimum atomic E-state index is 0.752. The van der Waals surface area contributed by atoms with Gasteiger partial charge in [0.2, 0.25) is 0 Å². The summed E-state index contributed by atoms with van der Waals surface area (Å²) in [6.07, 6.45) is 2.00. The second-order valence-electron chi connectivity index (χ2n) is 3.65. The van der Waals surface area contributed by atoms with Crippen molar-refractivity contribution in [2.45, 2.75) is 18.9 Å². The number of aryl methyl sites for hydroxylation is 2. The lowest BCUT2D eigenvalue weighted by Gasteiger charge is -2.07. The Morgan fingerprint density at radius 2 is 2.00 bits per heavy atom. The van der Waals surface area contributed by atoms with Gasteiger partial charge in [0, 0.05) is 19.2 Å². The van der Waals surface area contributed by atoms with Crippen LogP contribution in [0.3, 0.4) is 0 Å². The first-order chi connectivity index (χ1) is 8.13. The van der Waals surface area contributed by atoms with Gasteiger partial charge in [-0.2, -0.15) is 9.78 Å². The Kier molecular flexibility index (Phi) is 3.33. The summed E-state index contributed by atoms with van der Waals surface area (Å²) in [4.78, 5) is 8.74. The molecular formula is C11H15N5S. The Labute approximate surface area is 105 Å². The lowest BCUT2D eigenvalue weighted by molar-refractivity contribution is 0.806. The summed E-state index contributed by atoms with van der Waals surface area (Å²) < 4.78 is 1.80. The topological polar surface area (TPSA) is 55.6 Å². The molecule has 0 spiro atoms. The van der Waals surface area contributed by atoms with Crippen LogP contribution in [-0.4, -0.2) is 33.1 Å². The zero-order valence-electron chi connectivity index (χ0n) is 10.4. The van der Waals surface area contributed by atoms with Gasteiger partial charge in [-0.25, -0.2) is 9.97 Å². The molecule has 2 rings (SSSR count). The van der Waals surface area contributed by atoms with Gasteiger partial charge in [-0.3, -0.25) is 0 Å². The Hall–Kier alpha value is -1.56. The maximum absolute atomic E-state index is 4.42. The highest BCUT2D eigenvalue weighted by Gasteiger charge is 2.09. The summed E-state index contributed by atoms with van der Waals surface area (Å²) in [7, 11) is 1.87. The predicted molar refractivity (Wildman–Crippen MR) is 70.0 cm³/mol. The van der Waals surface area contributed by atoms with E-state index in [1.807, 2.05) is 39.3 Å². The van der Waals surface area contributed by atoms with Crippen LogP contribution in [0.5, 0.6) is 0 Å². The molecule has 0 aliphatic heterocycles. The van der Waals surface area contributed by atoms with E-state index in [1.165, 1.54) is 0 Å². The van der Waals surface area contributed by atoms with Gasteiger partial charge in [0.25, 0.3) is 0 Å². The van der Waals surface area contributed by atoms with Crippen LogP contribution in [0, 0.1) is 13.8 Å². The third-order valence-electron chi connectivity index (χ3n) is 2.31. The van der Waals surface area contributed by atoms with Crippen molar-refractivity contribution in [2.24, 2.45) is 0 Å². The number of hydrogen-bond donors (Lipinski definition) is 1. The van der Waals surface area contributed by atoms with Gasteiger partial charge in [-0.05, 0) is 20.1 Å². The average Bonchev–Trinajstić information content (AvgIpc) is 2.69. The third kappa shape index (κ3) is 2.41. The highest BCUT2D eigenvalue weighted by atomic mass is 32.2. The number of anilines is 1. The SMILES string of the molecule is CNc1cc(C)nn1-c1cc(SC)nc(C)n1. The molecule has 0 saturated heterocycles. The van der Waals surface area contributed by atoms with Gasteiger partial charge in [0.1, 0.15) is 16.7 Å². The van der Waals surface area contributed by atoms with Crippen molar-refractivity contribution < 1.29 is 0 Å². The molecule has 0 aliphatic carbocycles. The Morgan fingerprint density at radius 3 is 2.65 bits per heavy atom. The van der Waals surface area contributed by atoms with E-state index in [9.17, 15) is 0 Å². The fraction of sp³-hybridized carbons (Fsp3) is 0.364. The highest BCUT2D eigenvalue weighted by Crippen LogP contribution is 2.19. The largest absolute Gasteiger partial charge is 0.373 e. The standard InChI is InChI=1S/C11H15N5S/c1-7-5-9(12-3)16(15-7)10-6-11(17-4)14-8(2)13-10/h5-6,12H,1-4H3. The molecule has 2 heterocycles. The van der Waals surface area contributed by atoms with Crippen LogP contribution in [0.15, 0.2) is 17.2 Å². The first kappa shape index (κ1) is 11.9. The van der Waals surface area contributed by atoms with Crippen molar-refractivity contribution in [3.8, 4) is 5.82 Å². The van der Waals surface area contributed by atoms with Crippen molar-refractivity contribution in [3.63, 3.8) is 0 Å². The maximum Gasteiger partial charge on any atom is 0.160 e. The lowest BCUT2D eigenvalue weighted by Crippen LogP contribution is -2.06. The quantitative estimate of drug-likeness (QED) is 0.666. The molecule has 0 radical (unpaired) electrons. The summed E-state index contributed by atoms with van der Waals surface area (Å²) in [6, 6.07) is 3.92. The smallest absolute Gasteiger partial charge is 0.160 e. The molecule has 2 aromatic rings. The minimum Gasteiger partial charge on any atom is -0.373 e. The maximum atomic E-state index is 4.42. The van der Waals surface area contributed by atoms with Crippen molar-refractivity contribution in [1.29, 1.82) is 0 Å². The zero-order chi connectivity index (χ0) is 12.4. The van der Waals surface area contributed by atoms with E-state index in [2.05, 4.69) is 20.4 Å². The number of nitrogens with zero attached hydrogens (tertiary/aromatic N) is 4. The van der Waals surface area contributed by atoms with Crippen LogP contribution >= 0.6 is 11.8 Å². The molecule has 5 nitrogen and oxygen atoms in total. The number of nitrogens with one attached hydrogen (secondary N) is 1. The molecule has 6 heteroatoms. The monoisotopic (exact) mass is 249 g/mol. The lowest BCUT2D eigenvalue weighted by atomic mass is 10.5. The van der Waals surface area contributed by atoms with E-state index < -0.39 is 0 Å². The fourth-order valence-corrected chi connectivity index (χ4v) is 2.04. The fourth-order valence-electron chi connectivity index (χ4n) is 1.59. The number of aromatic nitrogens is 4. The van der Waals surface area contributed by atoms with Crippen LogP contribution in [0.4, 0.5) is 5.82 Å². The molecular weight excluding hydrogens is 234 g/mol. The van der Waals surface area contributed by atoms with Gasteiger partial charge >= 0.3 is 0 Å². The van der Waals surface area contributed by atoms with E-state index in [0.717, 1.165) is 28.2 Å². The molecule has 0 bridgehead atoms. The molecule has 0 saturated carbocycles. The minimum absolute atomic E-state index is 0.752. The van der Waals surface area contributed by atoms with Gasteiger partial charge in [0.15, 0.2) is 5.82 Å². The molecule has 17 heavy (non-hydrogen) atoms. The first-order valence-electron chi connectivity index (χ1n) is 5.28.